The molecule has 3 nitrogen and oxygen atoms in total. The molecule has 0 aromatic rings. The number of hydrogen-bond acceptors (Lipinski definition) is 3. The summed E-state index contributed by atoms with van der Waals surface area (Å²) in [5.41, 5.74) is 0. The van der Waals surface area contributed by atoms with Crippen LogP contribution in [0.1, 0.15) is 32.6 Å². The fourth-order valence-corrected chi connectivity index (χ4v) is 1.76. The van der Waals surface area contributed by atoms with Crippen LogP contribution in [0.4, 0.5) is 0 Å². The Labute approximate surface area is 87.2 Å². The molecule has 0 aliphatic heterocycles. The monoisotopic (exact) mass is 201 g/mol. The summed E-state index contributed by atoms with van der Waals surface area (Å²) >= 11 is 0. The molecular formula is C11H23NO2. The first-order valence-electron chi connectivity index (χ1n) is 5.60. The molecule has 1 saturated carbocycles. The first-order valence-corrected chi connectivity index (χ1v) is 5.60. The van der Waals surface area contributed by atoms with Gasteiger partial charge in [0.25, 0.3) is 0 Å². The van der Waals surface area contributed by atoms with Crippen molar-refractivity contribution < 1.29 is 9.47 Å². The Kier molecular flexibility index (Phi) is 5.45. The van der Waals surface area contributed by atoms with Crippen molar-refractivity contribution in [3.05, 3.63) is 0 Å². The van der Waals surface area contributed by atoms with Crippen LogP contribution in [0, 0.1) is 5.92 Å². The first kappa shape index (κ1) is 12.0. The van der Waals surface area contributed by atoms with E-state index in [0.29, 0.717) is 6.04 Å². The van der Waals surface area contributed by atoms with Gasteiger partial charge in [0.05, 0.1) is 6.04 Å². The maximum absolute atomic E-state index is 5.30. The van der Waals surface area contributed by atoms with Crippen LogP contribution in [-0.4, -0.2) is 33.1 Å². The Morgan fingerprint density at radius 1 is 1.29 bits per heavy atom. The number of rotatable bonds is 8. The molecule has 84 valence electrons. The van der Waals surface area contributed by atoms with Gasteiger partial charge in [-0.25, -0.2) is 0 Å². The van der Waals surface area contributed by atoms with E-state index < -0.39 is 0 Å². The molecule has 0 aromatic heterocycles. The molecule has 1 N–H and O–H groups in total. The minimum atomic E-state index is -0.0952. The Morgan fingerprint density at radius 2 is 1.93 bits per heavy atom. The fraction of sp³-hybridized carbons (Fsp3) is 1.00. The summed E-state index contributed by atoms with van der Waals surface area (Å²) in [6.07, 6.45) is 5.00. The van der Waals surface area contributed by atoms with Crippen LogP contribution in [0.25, 0.3) is 0 Å². The lowest BCUT2D eigenvalue weighted by Crippen LogP contribution is -2.42. The van der Waals surface area contributed by atoms with E-state index in [2.05, 4.69) is 12.2 Å². The molecular weight excluding hydrogens is 178 g/mol. The highest BCUT2D eigenvalue weighted by molar-refractivity contribution is 4.82. The van der Waals surface area contributed by atoms with Gasteiger partial charge >= 0.3 is 0 Å². The lowest BCUT2D eigenvalue weighted by molar-refractivity contribution is -0.124. The second kappa shape index (κ2) is 6.38. The highest BCUT2D eigenvalue weighted by Crippen LogP contribution is 2.34. The van der Waals surface area contributed by atoms with Crippen LogP contribution in [0.15, 0.2) is 0 Å². The molecule has 0 amide bonds. The number of ether oxygens (including phenoxy) is 2. The molecule has 0 bridgehead atoms. The van der Waals surface area contributed by atoms with Crippen LogP contribution in [0.3, 0.4) is 0 Å². The smallest absolute Gasteiger partial charge is 0.171 e. The van der Waals surface area contributed by atoms with Gasteiger partial charge in [0.1, 0.15) is 0 Å². The minimum Gasteiger partial charge on any atom is -0.354 e. The van der Waals surface area contributed by atoms with Gasteiger partial charge in [0.15, 0.2) is 6.29 Å². The standard InChI is InChI=1S/C11H23NO2/c1-4-7-12-10(8-9-5-6-9)11(13-2)14-3/h9-12H,4-8H2,1-3H3. The summed E-state index contributed by atoms with van der Waals surface area (Å²) < 4.78 is 10.6. The number of methoxy groups -OCH3 is 2. The average molecular weight is 201 g/mol. The maximum atomic E-state index is 5.30. The average Bonchev–Trinajstić information content (AvgIpc) is 2.99. The molecule has 0 aromatic carbocycles. The van der Waals surface area contributed by atoms with Crippen molar-refractivity contribution in [3.8, 4) is 0 Å². The number of hydrogen-bond donors (Lipinski definition) is 1. The molecule has 14 heavy (non-hydrogen) atoms. The molecule has 0 saturated heterocycles. The van der Waals surface area contributed by atoms with E-state index in [0.717, 1.165) is 18.9 Å². The van der Waals surface area contributed by atoms with E-state index in [1.54, 1.807) is 14.2 Å². The van der Waals surface area contributed by atoms with Crippen molar-refractivity contribution >= 4 is 0 Å². The molecule has 1 fully saturated rings. The molecule has 1 unspecified atom stereocenters. The molecule has 0 heterocycles. The third-order valence-electron chi connectivity index (χ3n) is 2.73. The van der Waals surface area contributed by atoms with E-state index in [-0.39, 0.29) is 6.29 Å². The van der Waals surface area contributed by atoms with E-state index >= 15 is 0 Å². The second-order valence-corrected chi connectivity index (χ2v) is 4.08. The van der Waals surface area contributed by atoms with Crippen molar-refractivity contribution in [1.29, 1.82) is 0 Å². The van der Waals surface area contributed by atoms with Gasteiger partial charge in [-0.3, -0.25) is 0 Å². The van der Waals surface area contributed by atoms with E-state index in [4.69, 9.17) is 9.47 Å². The Hall–Kier alpha value is -0.120. The van der Waals surface area contributed by atoms with Crippen molar-refractivity contribution in [2.45, 2.75) is 44.9 Å². The number of nitrogens with one attached hydrogen (secondary N) is 1. The normalized spacial score (nSPS) is 18.9. The molecule has 0 spiro atoms. The molecule has 1 aliphatic carbocycles. The lowest BCUT2D eigenvalue weighted by Gasteiger charge is -2.25. The van der Waals surface area contributed by atoms with Crippen molar-refractivity contribution in [3.63, 3.8) is 0 Å². The van der Waals surface area contributed by atoms with Crippen molar-refractivity contribution in [2.75, 3.05) is 20.8 Å². The van der Waals surface area contributed by atoms with Gasteiger partial charge in [0.2, 0.25) is 0 Å². The summed E-state index contributed by atoms with van der Waals surface area (Å²) in [6, 6.07) is 0.359. The zero-order valence-corrected chi connectivity index (χ0v) is 9.58. The summed E-state index contributed by atoms with van der Waals surface area (Å²) in [6.45, 7) is 3.22. The van der Waals surface area contributed by atoms with Crippen LogP contribution in [0.5, 0.6) is 0 Å². The van der Waals surface area contributed by atoms with E-state index in [1.165, 1.54) is 19.3 Å². The predicted molar refractivity (Wildman–Crippen MR) is 57.2 cm³/mol. The van der Waals surface area contributed by atoms with Gasteiger partial charge in [-0.2, -0.15) is 0 Å². The Bertz CT molecular complexity index is 144. The second-order valence-electron chi connectivity index (χ2n) is 4.08. The van der Waals surface area contributed by atoms with Gasteiger partial charge in [0, 0.05) is 14.2 Å². The Balaban J connectivity index is 2.31. The molecule has 3 heteroatoms. The topological polar surface area (TPSA) is 30.5 Å². The third kappa shape index (κ3) is 3.95. The summed E-state index contributed by atoms with van der Waals surface area (Å²) in [4.78, 5) is 0. The highest BCUT2D eigenvalue weighted by Gasteiger charge is 2.29. The van der Waals surface area contributed by atoms with Crippen LogP contribution < -0.4 is 5.32 Å². The van der Waals surface area contributed by atoms with E-state index in [9.17, 15) is 0 Å². The zero-order valence-electron chi connectivity index (χ0n) is 9.58. The van der Waals surface area contributed by atoms with Crippen LogP contribution in [0.2, 0.25) is 0 Å². The predicted octanol–water partition coefficient (Wildman–Crippen LogP) is 1.77. The van der Waals surface area contributed by atoms with Crippen LogP contribution in [-0.2, 0) is 9.47 Å². The fourth-order valence-electron chi connectivity index (χ4n) is 1.76. The van der Waals surface area contributed by atoms with Gasteiger partial charge in [-0.05, 0) is 25.3 Å². The van der Waals surface area contributed by atoms with Gasteiger partial charge in [-0.1, -0.05) is 19.8 Å². The lowest BCUT2D eigenvalue weighted by atomic mass is 10.1. The summed E-state index contributed by atoms with van der Waals surface area (Å²) in [7, 11) is 3.42. The minimum absolute atomic E-state index is 0.0952. The van der Waals surface area contributed by atoms with Crippen LogP contribution >= 0.6 is 0 Å². The largest absolute Gasteiger partial charge is 0.354 e. The van der Waals surface area contributed by atoms with Gasteiger partial charge in [-0.15, -0.1) is 0 Å². The quantitative estimate of drug-likeness (QED) is 0.607. The summed E-state index contributed by atoms with van der Waals surface area (Å²) in [5, 5.41) is 3.49. The van der Waals surface area contributed by atoms with Gasteiger partial charge < -0.3 is 14.8 Å². The molecule has 1 aliphatic rings. The van der Waals surface area contributed by atoms with Crippen molar-refractivity contribution in [1.82, 2.24) is 5.32 Å². The summed E-state index contributed by atoms with van der Waals surface area (Å²) in [5.74, 6) is 0.900. The Morgan fingerprint density at radius 3 is 2.36 bits per heavy atom. The molecule has 1 rings (SSSR count). The van der Waals surface area contributed by atoms with E-state index in [1.807, 2.05) is 0 Å². The molecule has 1 atom stereocenters. The zero-order chi connectivity index (χ0) is 10.4. The SMILES string of the molecule is CCCNC(CC1CC1)C(OC)OC. The highest BCUT2D eigenvalue weighted by atomic mass is 16.7. The molecule has 0 radical (unpaired) electrons. The third-order valence-corrected chi connectivity index (χ3v) is 2.73. The maximum Gasteiger partial charge on any atom is 0.171 e. The first-order chi connectivity index (χ1) is 6.81. The van der Waals surface area contributed by atoms with Crippen molar-refractivity contribution in [2.24, 2.45) is 5.92 Å².